The quantitative estimate of drug-likeness (QED) is 0.159. The van der Waals surface area contributed by atoms with Crippen molar-refractivity contribution in [3.63, 3.8) is 0 Å². The van der Waals surface area contributed by atoms with E-state index in [0.717, 1.165) is 99.5 Å². The predicted molar refractivity (Wildman–Crippen MR) is 281 cm³/mol. The van der Waals surface area contributed by atoms with Crippen LogP contribution in [0.5, 0.6) is 0 Å². The highest BCUT2D eigenvalue weighted by Gasteiger charge is 2.20. The van der Waals surface area contributed by atoms with Gasteiger partial charge in [-0.25, -0.2) is 15.0 Å². The minimum atomic E-state index is 0.554. The molecule has 0 spiro atoms. The summed E-state index contributed by atoms with van der Waals surface area (Å²) in [5.74, 6) is 1.70. The number of nitrogens with zero attached hydrogens (tertiary/aromatic N) is 4. The molecule has 10 aromatic carbocycles. The summed E-state index contributed by atoms with van der Waals surface area (Å²) >= 11 is 0. The zero-order valence-corrected chi connectivity index (χ0v) is 37.0. The van der Waals surface area contributed by atoms with Crippen molar-refractivity contribution in [1.29, 1.82) is 0 Å². The Morgan fingerprint density at radius 3 is 1.33 bits per heavy atom. The molecule has 14 aromatic rings. The molecule has 0 radical (unpaired) electrons. The standard InChI is InChI=1S/C63H38N4O2/c1-5-14-39(15-6-1)42-27-32-54-52(34-42)53-35-43(28-33-55(53)67(54)47-20-11-4-12-21-47)45-25-31-50-59(37-45)68-56-23-13-22-51(60(50)56)63-65-61(41-18-9-3-10-19-41)64-62(66-63)46-26-30-49-48-29-24-44(40-16-7-2-8-17-40)36-57(48)69-58(49)38-46/h1-38H. The Hall–Kier alpha value is -9.39. The molecule has 0 aliphatic carbocycles. The topological polar surface area (TPSA) is 69.9 Å². The van der Waals surface area contributed by atoms with Gasteiger partial charge in [-0.1, -0.05) is 152 Å². The third kappa shape index (κ3) is 6.53. The molecule has 0 aliphatic rings. The van der Waals surface area contributed by atoms with Crippen LogP contribution in [-0.2, 0) is 0 Å². The number of hydrogen-bond acceptors (Lipinski definition) is 5. The van der Waals surface area contributed by atoms with Gasteiger partial charge in [0.05, 0.1) is 11.0 Å². The molecular weight excluding hydrogens is 845 g/mol. The Bertz CT molecular complexity index is 4290. The van der Waals surface area contributed by atoms with E-state index in [1.807, 2.05) is 54.6 Å². The molecule has 0 amide bonds. The summed E-state index contributed by atoms with van der Waals surface area (Å²) < 4.78 is 15.6. The lowest BCUT2D eigenvalue weighted by Crippen LogP contribution is -2.00. The Morgan fingerprint density at radius 2 is 0.710 bits per heavy atom. The minimum absolute atomic E-state index is 0.554. The van der Waals surface area contributed by atoms with Crippen LogP contribution in [0.15, 0.2) is 239 Å². The van der Waals surface area contributed by atoms with E-state index in [2.05, 4.69) is 180 Å². The molecule has 0 fully saturated rings. The Balaban J connectivity index is 0.886. The van der Waals surface area contributed by atoms with Gasteiger partial charge >= 0.3 is 0 Å². The van der Waals surface area contributed by atoms with Crippen molar-refractivity contribution in [2.45, 2.75) is 0 Å². The molecule has 0 atom stereocenters. The highest BCUT2D eigenvalue weighted by atomic mass is 16.3. The van der Waals surface area contributed by atoms with Gasteiger partial charge in [0, 0.05) is 54.7 Å². The van der Waals surface area contributed by atoms with Crippen LogP contribution in [0.2, 0.25) is 0 Å². The molecule has 0 unspecified atom stereocenters. The van der Waals surface area contributed by atoms with E-state index in [-0.39, 0.29) is 0 Å². The van der Waals surface area contributed by atoms with E-state index in [4.69, 9.17) is 23.8 Å². The number of hydrogen-bond donors (Lipinski definition) is 0. The molecule has 14 rings (SSSR count). The fourth-order valence-electron chi connectivity index (χ4n) is 10.1. The summed E-state index contributed by atoms with van der Waals surface area (Å²) in [5.41, 5.74) is 16.0. The molecule has 69 heavy (non-hydrogen) atoms. The highest BCUT2D eigenvalue weighted by molar-refractivity contribution is 6.14. The molecule has 0 saturated carbocycles. The zero-order valence-electron chi connectivity index (χ0n) is 37.0. The average molecular weight is 883 g/mol. The lowest BCUT2D eigenvalue weighted by atomic mass is 9.99. The van der Waals surface area contributed by atoms with E-state index in [9.17, 15) is 0 Å². The van der Waals surface area contributed by atoms with Crippen molar-refractivity contribution in [3.8, 4) is 73.2 Å². The van der Waals surface area contributed by atoms with Crippen molar-refractivity contribution in [2.24, 2.45) is 0 Å². The first-order valence-electron chi connectivity index (χ1n) is 23.2. The second kappa shape index (κ2) is 15.6. The second-order valence-electron chi connectivity index (χ2n) is 17.6. The number of para-hydroxylation sites is 1. The Labute approximate surface area is 396 Å². The molecule has 322 valence electrons. The average Bonchev–Trinajstić information content (AvgIpc) is 4.10. The fraction of sp³-hybridized carbons (Fsp3) is 0. The van der Waals surface area contributed by atoms with Gasteiger partial charge in [-0.05, 0) is 112 Å². The van der Waals surface area contributed by atoms with Gasteiger partial charge in [0.1, 0.15) is 22.3 Å². The van der Waals surface area contributed by atoms with Gasteiger partial charge < -0.3 is 13.4 Å². The maximum absolute atomic E-state index is 6.72. The first-order valence-corrected chi connectivity index (χ1v) is 23.2. The summed E-state index contributed by atoms with van der Waals surface area (Å²) in [6.07, 6.45) is 0. The normalized spacial score (nSPS) is 11.8. The monoisotopic (exact) mass is 882 g/mol. The maximum atomic E-state index is 6.72. The molecule has 6 heteroatoms. The lowest BCUT2D eigenvalue weighted by Gasteiger charge is -2.09. The van der Waals surface area contributed by atoms with Crippen LogP contribution in [0.1, 0.15) is 0 Å². The maximum Gasteiger partial charge on any atom is 0.164 e. The van der Waals surface area contributed by atoms with E-state index in [1.165, 1.54) is 21.9 Å². The minimum Gasteiger partial charge on any atom is -0.456 e. The van der Waals surface area contributed by atoms with Crippen LogP contribution in [0.25, 0.3) is 139 Å². The molecule has 0 saturated heterocycles. The first kappa shape index (κ1) is 38.8. The molecule has 0 N–H and O–H groups in total. The van der Waals surface area contributed by atoms with Gasteiger partial charge in [0.2, 0.25) is 0 Å². The van der Waals surface area contributed by atoms with Crippen LogP contribution in [0, 0.1) is 0 Å². The number of fused-ring (bicyclic) bond motifs is 9. The van der Waals surface area contributed by atoms with Crippen LogP contribution in [0.3, 0.4) is 0 Å². The van der Waals surface area contributed by atoms with Crippen molar-refractivity contribution >= 4 is 65.7 Å². The van der Waals surface area contributed by atoms with Crippen molar-refractivity contribution in [3.05, 3.63) is 231 Å². The van der Waals surface area contributed by atoms with Gasteiger partial charge in [0.25, 0.3) is 0 Å². The van der Waals surface area contributed by atoms with Gasteiger partial charge in [0.15, 0.2) is 17.5 Å². The summed E-state index contributed by atoms with van der Waals surface area (Å²) in [7, 11) is 0. The largest absolute Gasteiger partial charge is 0.456 e. The van der Waals surface area contributed by atoms with Crippen LogP contribution in [-0.4, -0.2) is 19.5 Å². The third-order valence-electron chi connectivity index (χ3n) is 13.5. The summed E-state index contributed by atoms with van der Waals surface area (Å²) in [4.78, 5) is 15.4. The molecule has 4 aromatic heterocycles. The predicted octanol–water partition coefficient (Wildman–Crippen LogP) is 16.8. The number of rotatable bonds is 7. The van der Waals surface area contributed by atoms with Crippen LogP contribution in [0.4, 0.5) is 0 Å². The number of furan rings is 2. The summed E-state index contributed by atoms with van der Waals surface area (Å²) in [6.45, 7) is 0. The highest BCUT2D eigenvalue weighted by Crippen LogP contribution is 2.41. The smallest absolute Gasteiger partial charge is 0.164 e. The first-order chi connectivity index (χ1) is 34.2. The number of aromatic nitrogens is 4. The molecule has 0 aliphatic heterocycles. The lowest BCUT2D eigenvalue weighted by molar-refractivity contribution is 0.669. The SMILES string of the molecule is c1ccc(-c2ccc3c(c2)oc2cc(-c4nc(-c5ccccc5)nc(-c5cccc6oc7cc(-c8ccc9c(c8)c8cc(-c%10ccccc%10)ccc8n9-c8ccccc8)ccc7c56)n4)ccc23)cc1. The number of benzene rings is 10. The van der Waals surface area contributed by atoms with Gasteiger partial charge in [-0.2, -0.15) is 0 Å². The van der Waals surface area contributed by atoms with Crippen molar-refractivity contribution in [2.75, 3.05) is 0 Å². The second-order valence-corrected chi connectivity index (χ2v) is 17.6. The fourth-order valence-corrected chi connectivity index (χ4v) is 10.1. The van der Waals surface area contributed by atoms with Crippen molar-refractivity contribution in [1.82, 2.24) is 19.5 Å². The molecule has 6 nitrogen and oxygen atoms in total. The van der Waals surface area contributed by atoms with Gasteiger partial charge in [-0.15, -0.1) is 0 Å². The molecule has 0 bridgehead atoms. The summed E-state index contributed by atoms with van der Waals surface area (Å²) in [6, 6.07) is 80.5. The molecular formula is C63H38N4O2. The molecule has 4 heterocycles. The Morgan fingerprint density at radius 1 is 0.275 bits per heavy atom. The summed E-state index contributed by atoms with van der Waals surface area (Å²) in [5, 5.41) is 6.43. The zero-order chi connectivity index (χ0) is 45.4. The van der Waals surface area contributed by atoms with E-state index < -0.39 is 0 Å². The Kier molecular flexibility index (Phi) is 8.79. The third-order valence-corrected chi connectivity index (χ3v) is 13.5. The van der Waals surface area contributed by atoms with E-state index >= 15 is 0 Å². The van der Waals surface area contributed by atoms with Crippen LogP contribution >= 0.6 is 0 Å². The van der Waals surface area contributed by atoms with Gasteiger partial charge in [-0.3, -0.25) is 0 Å². The van der Waals surface area contributed by atoms with Crippen LogP contribution < -0.4 is 0 Å². The van der Waals surface area contributed by atoms with Crippen molar-refractivity contribution < 1.29 is 8.83 Å². The van der Waals surface area contributed by atoms with E-state index in [0.29, 0.717) is 17.5 Å². The van der Waals surface area contributed by atoms with E-state index in [1.54, 1.807) is 0 Å².